The number of nitrogens with zero attached hydrogens (tertiary/aromatic N) is 4. The first kappa shape index (κ1) is 24.6. The molecule has 0 unspecified atom stereocenters. The Bertz CT molecular complexity index is 1910. The highest BCUT2D eigenvalue weighted by Gasteiger charge is 2.49. The van der Waals surface area contributed by atoms with Gasteiger partial charge in [0.05, 0.1) is 13.8 Å². The molecule has 2 amide bonds. The van der Waals surface area contributed by atoms with Gasteiger partial charge in [-0.15, -0.1) is 10.2 Å². The van der Waals surface area contributed by atoms with Crippen LogP contribution >= 0.6 is 0 Å². The smallest absolute Gasteiger partial charge is 0.335 e. The number of aliphatic hydroxyl groups is 3. The Labute approximate surface area is 255 Å². The summed E-state index contributed by atoms with van der Waals surface area (Å²) in [6, 6.07) is -4.92. The Hall–Kier alpha value is -4.78. The largest absolute Gasteiger partial charge is 0.479 e. The van der Waals surface area contributed by atoms with Gasteiger partial charge < -0.3 is 45.0 Å². The van der Waals surface area contributed by atoms with Gasteiger partial charge in [-0.1, -0.05) is 12.1 Å². The first-order valence-electron chi connectivity index (χ1n) is 15.4. The fraction of sp³-hybridized carbons (Fsp3) is 0.423. The summed E-state index contributed by atoms with van der Waals surface area (Å²) in [4.78, 5) is 56.1. The highest BCUT2D eigenvalue weighted by atomic mass is 19.1. The third-order valence-corrected chi connectivity index (χ3v) is 6.11. The van der Waals surface area contributed by atoms with Crippen molar-refractivity contribution in [3.63, 3.8) is 0 Å². The molecule has 236 valence electrons. The normalized spacial score (nSPS) is 24.1. The monoisotopic (exact) mass is 626 g/mol. The van der Waals surface area contributed by atoms with Crippen LogP contribution in [0.25, 0.3) is 0 Å². The van der Waals surface area contributed by atoms with Gasteiger partial charge in [0.1, 0.15) is 30.0 Å². The summed E-state index contributed by atoms with van der Waals surface area (Å²) < 4.78 is 78.7. The molecule has 1 aromatic carbocycles. The molecule has 1 aliphatic rings. The molecule has 0 radical (unpaired) electrons. The average Bonchev–Trinajstić information content (AvgIpc) is 3.46. The van der Waals surface area contributed by atoms with Crippen molar-refractivity contribution in [2.24, 2.45) is 7.05 Å². The number of carboxylic acid groups (broad SMARTS) is 1. The molecule has 3 aromatic rings. The van der Waals surface area contributed by atoms with E-state index in [0.717, 1.165) is 11.6 Å². The number of carbonyl (C=O) groups excluding carboxylic acids is 2. The molecule has 1 saturated heterocycles. The lowest BCUT2D eigenvalue weighted by atomic mass is 9.99. The maximum absolute atomic E-state index is 14.2. The molecule has 17 nitrogen and oxygen atoms in total. The van der Waals surface area contributed by atoms with Gasteiger partial charge in [-0.05, 0) is 31.5 Å². The van der Waals surface area contributed by atoms with Crippen molar-refractivity contribution in [3.8, 4) is 5.75 Å². The van der Waals surface area contributed by atoms with Gasteiger partial charge in [-0.2, -0.15) is 0 Å². The summed E-state index contributed by atoms with van der Waals surface area (Å²) >= 11 is 0. The molecule has 2 aromatic heterocycles. The first-order valence-corrected chi connectivity index (χ1v) is 12.4. The van der Waals surface area contributed by atoms with Crippen LogP contribution in [0.4, 0.5) is 4.39 Å². The minimum absolute atomic E-state index is 0.0333. The SMILES string of the molecule is [2H]c1c([2H])c(C([2H])([2H])NC(=O)c2nc(C(C)(C)NC(=O)c3nnc(C)o3)n(C)c(=O)c2O[C@@H]2O[C@H](C(=O)O)[C@@H](O)[C@H](O)[C@H]2O)c([2H])c([2H])c1F. The number of carboxylic acids is 1. The van der Waals surface area contributed by atoms with Crippen LogP contribution in [-0.2, 0) is 28.6 Å². The Kier molecular flexibility index (Phi) is 6.97. The van der Waals surface area contributed by atoms with Crippen molar-refractivity contribution < 1.29 is 61.3 Å². The zero-order valence-corrected chi connectivity index (χ0v) is 23.2. The van der Waals surface area contributed by atoms with Crippen molar-refractivity contribution in [2.75, 3.05) is 0 Å². The zero-order chi connectivity index (χ0) is 37.8. The van der Waals surface area contributed by atoms with Gasteiger partial charge in [0.25, 0.3) is 11.5 Å². The second-order valence-electron chi connectivity index (χ2n) is 9.80. The molecule has 18 heteroatoms. The van der Waals surface area contributed by atoms with E-state index in [2.05, 4.69) is 20.5 Å². The molecule has 44 heavy (non-hydrogen) atoms. The molecule has 0 spiro atoms. The molecule has 4 rings (SSSR count). The third kappa shape index (κ3) is 6.57. The highest BCUT2D eigenvalue weighted by molar-refractivity contribution is 5.95. The third-order valence-electron chi connectivity index (χ3n) is 6.11. The van der Waals surface area contributed by atoms with Crippen molar-refractivity contribution in [1.82, 2.24) is 30.4 Å². The molecule has 3 heterocycles. The number of aromatic nitrogens is 4. The minimum Gasteiger partial charge on any atom is -0.479 e. The van der Waals surface area contributed by atoms with Crippen LogP contribution in [0.1, 0.15) is 60.5 Å². The Morgan fingerprint density at radius 1 is 1.14 bits per heavy atom. The molecule has 0 aliphatic carbocycles. The van der Waals surface area contributed by atoms with E-state index in [1.807, 2.05) is 0 Å². The van der Waals surface area contributed by atoms with E-state index in [0.29, 0.717) is 0 Å². The summed E-state index contributed by atoms with van der Waals surface area (Å²) in [6.07, 6.45) is -11.1. The van der Waals surface area contributed by atoms with Crippen LogP contribution in [0.2, 0.25) is 0 Å². The Morgan fingerprint density at radius 2 is 1.80 bits per heavy atom. The molecular weight excluding hydrogens is 591 g/mol. The number of rotatable bonds is 9. The second kappa shape index (κ2) is 12.4. The lowest BCUT2D eigenvalue weighted by Gasteiger charge is -2.38. The van der Waals surface area contributed by atoms with E-state index in [9.17, 15) is 44.0 Å². The summed E-state index contributed by atoms with van der Waals surface area (Å²) in [5, 5.41) is 51.5. The predicted molar refractivity (Wildman–Crippen MR) is 142 cm³/mol. The predicted octanol–water partition coefficient (Wildman–Crippen LogP) is -1.52. The number of aliphatic carboxylic acids is 1. The van der Waals surface area contributed by atoms with Crippen LogP contribution in [0.3, 0.4) is 0 Å². The fourth-order valence-corrected chi connectivity index (χ4v) is 3.99. The number of amides is 2. The number of nitrogens with one attached hydrogen (secondary N) is 2. The van der Waals surface area contributed by atoms with Gasteiger partial charge in [0, 0.05) is 20.5 Å². The van der Waals surface area contributed by atoms with E-state index in [1.54, 1.807) is 5.32 Å². The van der Waals surface area contributed by atoms with E-state index in [-0.39, 0.29) is 5.89 Å². The number of aliphatic hydroxyl groups excluding tert-OH is 3. The summed E-state index contributed by atoms with van der Waals surface area (Å²) in [5.41, 5.74) is -5.27. The lowest BCUT2D eigenvalue weighted by Crippen LogP contribution is -2.61. The molecule has 1 fully saturated rings. The number of ether oxygens (including phenoxy) is 2. The van der Waals surface area contributed by atoms with Gasteiger partial charge in [-0.25, -0.2) is 14.2 Å². The molecule has 0 bridgehead atoms. The van der Waals surface area contributed by atoms with Crippen LogP contribution in [0, 0.1) is 12.7 Å². The summed E-state index contributed by atoms with van der Waals surface area (Å²) in [7, 11) is 1.09. The van der Waals surface area contributed by atoms with Crippen LogP contribution in [0.15, 0.2) is 33.4 Å². The molecular formula is C26H29FN6O11. The first-order chi connectivity index (χ1) is 23.0. The van der Waals surface area contributed by atoms with E-state index < -0.39 is 125 Å². The number of halogens is 1. The van der Waals surface area contributed by atoms with Gasteiger partial charge in [0.15, 0.2) is 11.8 Å². The number of hydrogen-bond donors (Lipinski definition) is 6. The van der Waals surface area contributed by atoms with Gasteiger partial charge >= 0.3 is 17.8 Å². The highest BCUT2D eigenvalue weighted by Crippen LogP contribution is 2.26. The Balaban J connectivity index is 1.86. The number of hydrogen-bond acceptors (Lipinski definition) is 13. The zero-order valence-electron chi connectivity index (χ0n) is 29.2. The summed E-state index contributed by atoms with van der Waals surface area (Å²) in [5.74, 6) is -8.10. The summed E-state index contributed by atoms with van der Waals surface area (Å²) in [6.45, 7) is 0.676. The number of benzene rings is 1. The second-order valence-corrected chi connectivity index (χ2v) is 9.80. The van der Waals surface area contributed by atoms with Crippen LogP contribution in [-0.4, -0.2) is 88.7 Å². The lowest BCUT2D eigenvalue weighted by molar-refractivity contribution is -0.271. The van der Waals surface area contributed by atoms with Crippen molar-refractivity contribution in [1.29, 1.82) is 0 Å². The van der Waals surface area contributed by atoms with Crippen molar-refractivity contribution in [2.45, 2.75) is 63.5 Å². The topological polar surface area (TPSA) is 248 Å². The quantitative estimate of drug-likeness (QED) is 0.158. The van der Waals surface area contributed by atoms with Crippen LogP contribution < -0.4 is 20.9 Å². The van der Waals surface area contributed by atoms with Crippen molar-refractivity contribution in [3.05, 3.63) is 69.2 Å². The fourth-order valence-electron chi connectivity index (χ4n) is 3.99. The molecule has 6 N–H and O–H groups in total. The van der Waals surface area contributed by atoms with E-state index in [4.69, 9.17) is 22.1 Å². The standard InChI is InChI=1S/C26H29FN6O11/c1-10-31-32-21(42-10)20(38)30-26(2,3)25-29-13(19(37)28-9-11-5-7-12(27)8-6-11)17(22(39)33(25)4)43-24-16(36)14(34)15(35)18(44-24)23(40)41/h5-8,14-16,18,24,34-36H,9H2,1-4H3,(H,28,37)(H,30,38)(H,40,41)/t14-,15-,16+,18-,24+/m0/s1/i5D,6D,7D,8D,9D2. The van der Waals surface area contributed by atoms with E-state index >= 15 is 0 Å². The van der Waals surface area contributed by atoms with Crippen molar-refractivity contribution >= 4 is 17.8 Å². The maximum Gasteiger partial charge on any atom is 0.335 e. The molecule has 1 aliphatic heterocycles. The Morgan fingerprint density at radius 3 is 2.39 bits per heavy atom. The molecule has 5 atom stereocenters. The molecule has 0 saturated carbocycles. The van der Waals surface area contributed by atoms with Gasteiger partial charge in [-0.3, -0.25) is 19.0 Å². The van der Waals surface area contributed by atoms with Crippen LogP contribution in [0.5, 0.6) is 5.75 Å². The number of aryl methyl sites for hydroxylation is 1. The maximum atomic E-state index is 14.2. The van der Waals surface area contributed by atoms with E-state index in [1.165, 1.54) is 20.8 Å². The number of carbonyl (C=O) groups is 3. The average molecular weight is 627 g/mol. The van der Waals surface area contributed by atoms with Gasteiger partial charge in [0.2, 0.25) is 17.9 Å². The minimum atomic E-state index is -3.35.